The summed E-state index contributed by atoms with van der Waals surface area (Å²) in [5, 5.41) is 10.3. The molecular weight excluding hydrogens is 284 g/mol. The van der Waals surface area contributed by atoms with E-state index in [-0.39, 0.29) is 11.4 Å². The maximum atomic E-state index is 11.7. The van der Waals surface area contributed by atoms with Crippen molar-refractivity contribution in [3.8, 4) is 5.88 Å². The number of aromatic hydroxyl groups is 1. The molecule has 1 heterocycles. The number of halogens is 1. The Balaban J connectivity index is 2.12. The fourth-order valence-electron chi connectivity index (χ4n) is 1.60. The van der Waals surface area contributed by atoms with Crippen LogP contribution in [0.2, 0.25) is 5.02 Å². The van der Waals surface area contributed by atoms with Crippen LogP contribution in [-0.2, 0) is 12.2 Å². The van der Waals surface area contributed by atoms with Crippen LogP contribution in [0.15, 0.2) is 34.0 Å². The number of nitrogens with one attached hydrogen (secondary N) is 1. The fraction of sp³-hybridized carbons (Fsp3) is 0.231. The quantitative estimate of drug-likeness (QED) is 0.851. The molecule has 0 aliphatic heterocycles. The second kappa shape index (κ2) is 6.12. The molecule has 19 heavy (non-hydrogen) atoms. The van der Waals surface area contributed by atoms with Gasteiger partial charge in [0, 0.05) is 9.92 Å². The molecule has 0 atom stereocenters. The SMILES string of the molecule is CCc1c(O)nc(CSc2ccc(Cl)cc2)[nH]c1=O. The lowest BCUT2D eigenvalue weighted by Crippen LogP contribution is -2.15. The van der Waals surface area contributed by atoms with Crippen molar-refractivity contribution in [2.24, 2.45) is 0 Å². The first-order chi connectivity index (χ1) is 9.10. The Hall–Kier alpha value is -1.46. The van der Waals surface area contributed by atoms with Crippen LogP contribution in [0.5, 0.6) is 5.88 Å². The van der Waals surface area contributed by atoms with Gasteiger partial charge in [-0.05, 0) is 30.7 Å². The van der Waals surface area contributed by atoms with E-state index in [1.807, 2.05) is 12.1 Å². The summed E-state index contributed by atoms with van der Waals surface area (Å²) in [4.78, 5) is 19.4. The lowest BCUT2D eigenvalue weighted by atomic mass is 10.2. The molecule has 0 saturated heterocycles. The molecule has 0 fully saturated rings. The van der Waals surface area contributed by atoms with Gasteiger partial charge in [-0.1, -0.05) is 18.5 Å². The van der Waals surface area contributed by atoms with Crippen molar-refractivity contribution in [2.45, 2.75) is 24.0 Å². The Morgan fingerprint density at radius 1 is 1.37 bits per heavy atom. The van der Waals surface area contributed by atoms with Crippen LogP contribution < -0.4 is 5.56 Å². The minimum Gasteiger partial charge on any atom is -0.493 e. The minimum absolute atomic E-state index is 0.182. The molecule has 0 spiro atoms. The van der Waals surface area contributed by atoms with E-state index in [2.05, 4.69) is 9.97 Å². The van der Waals surface area contributed by atoms with E-state index in [0.29, 0.717) is 28.6 Å². The number of aromatic nitrogens is 2. The molecule has 0 aliphatic carbocycles. The summed E-state index contributed by atoms with van der Waals surface area (Å²) in [7, 11) is 0. The maximum Gasteiger partial charge on any atom is 0.257 e. The predicted molar refractivity (Wildman–Crippen MR) is 76.9 cm³/mol. The summed E-state index contributed by atoms with van der Waals surface area (Å²) in [6, 6.07) is 7.40. The Morgan fingerprint density at radius 2 is 2.05 bits per heavy atom. The number of hydrogen-bond donors (Lipinski definition) is 2. The van der Waals surface area contributed by atoms with Crippen LogP contribution >= 0.6 is 23.4 Å². The van der Waals surface area contributed by atoms with E-state index in [9.17, 15) is 9.90 Å². The number of H-pyrrole nitrogens is 1. The van der Waals surface area contributed by atoms with Gasteiger partial charge in [-0.25, -0.2) is 0 Å². The van der Waals surface area contributed by atoms with Gasteiger partial charge in [0.25, 0.3) is 5.56 Å². The highest BCUT2D eigenvalue weighted by Crippen LogP contribution is 2.23. The molecule has 2 N–H and O–H groups in total. The molecule has 2 aromatic rings. The third-order valence-electron chi connectivity index (χ3n) is 2.59. The number of benzene rings is 1. The summed E-state index contributed by atoms with van der Waals surface area (Å²) in [5.41, 5.74) is 0.0435. The van der Waals surface area contributed by atoms with Crippen molar-refractivity contribution >= 4 is 23.4 Å². The highest BCUT2D eigenvalue weighted by molar-refractivity contribution is 7.98. The van der Waals surface area contributed by atoms with E-state index in [0.717, 1.165) is 4.90 Å². The monoisotopic (exact) mass is 296 g/mol. The number of hydrogen-bond acceptors (Lipinski definition) is 4. The summed E-state index contributed by atoms with van der Waals surface area (Å²) in [5.74, 6) is 0.756. The molecule has 0 radical (unpaired) electrons. The van der Waals surface area contributed by atoms with Gasteiger partial charge < -0.3 is 10.1 Å². The fourth-order valence-corrected chi connectivity index (χ4v) is 2.50. The van der Waals surface area contributed by atoms with Gasteiger partial charge in [-0.15, -0.1) is 11.8 Å². The Morgan fingerprint density at radius 3 is 2.63 bits per heavy atom. The smallest absolute Gasteiger partial charge is 0.257 e. The van der Waals surface area contributed by atoms with Gasteiger partial charge in [0.2, 0.25) is 5.88 Å². The normalized spacial score (nSPS) is 10.6. The van der Waals surface area contributed by atoms with Gasteiger partial charge in [0.15, 0.2) is 0 Å². The topological polar surface area (TPSA) is 66.0 Å². The first kappa shape index (κ1) is 14.0. The Bertz CT molecular complexity index is 626. The first-order valence-electron chi connectivity index (χ1n) is 5.79. The molecule has 4 nitrogen and oxygen atoms in total. The standard InChI is InChI=1S/C13H13ClN2O2S/c1-2-10-12(17)15-11(16-13(10)18)7-19-9-5-3-8(14)4-6-9/h3-6H,2,7H2,1H3,(H2,15,16,17,18). The van der Waals surface area contributed by atoms with Gasteiger partial charge in [-0.3, -0.25) is 4.79 Å². The lowest BCUT2D eigenvalue weighted by Gasteiger charge is -2.04. The summed E-state index contributed by atoms with van der Waals surface area (Å²) >= 11 is 7.31. The highest BCUT2D eigenvalue weighted by atomic mass is 35.5. The van der Waals surface area contributed by atoms with Crippen molar-refractivity contribution in [1.82, 2.24) is 9.97 Å². The maximum absolute atomic E-state index is 11.7. The van der Waals surface area contributed by atoms with Gasteiger partial charge >= 0.3 is 0 Å². The van der Waals surface area contributed by atoms with E-state index < -0.39 is 0 Å². The highest BCUT2D eigenvalue weighted by Gasteiger charge is 2.08. The van der Waals surface area contributed by atoms with E-state index >= 15 is 0 Å². The molecule has 1 aromatic heterocycles. The van der Waals surface area contributed by atoms with Crippen LogP contribution in [0.1, 0.15) is 18.3 Å². The van der Waals surface area contributed by atoms with Crippen LogP contribution in [0.4, 0.5) is 0 Å². The van der Waals surface area contributed by atoms with Crippen molar-refractivity contribution in [3.63, 3.8) is 0 Å². The van der Waals surface area contributed by atoms with Crippen molar-refractivity contribution in [2.75, 3.05) is 0 Å². The van der Waals surface area contributed by atoms with Gasteiger partial charge in [0.05, 0.1) is 11.3 Å². The number of aromatic amines is 1. The van der Waals surface area contributed by atoms with E-state index in [4.69, 9.17) is 11.6 Å². The van der Waals surface area contributed by atoms with Crippen LogP contribution in [0.25, 0.3) is 0 Å². The van der Waals surface area contributed by atoms with Crippen LogP contribution in [-0.4, -0.2) is 15.1 Å². The molecule has 0 unspecified atom stereocenters. The largest absolute Gasteiger partial charge is 0.493 e. The Labute approximate surface area is 119 Å². The second-order valence-electron chi connectivity index (χ2n) is 3.91. The molecule has 0 saturated carbocycles. The zero-order valence-corrected chi connectivity index (χ0v) is 11.9. The molecule has 0 amide bonds. The van der Waals surface area contributed by atoms with Gasteiger partial charge in [-0.2, -0.15) is 4.98 Å². The predicted octanol–water partition coefficient (Wildman–Crippen LogP) is 2.98. The summed E-state index contributed by atoms with van der Waals surface area (Å²) in [6.45, 7) is 1.80. The zero-order chi connectivity index (χ0) is 13.8. The lowest BCUT2D eigenvalue weighted by molar-refractivity contribution is 0.441. The number of nitrogens with zero attached hydrogens (tertiary/aromatic N) is 1. The molecule has 6 heteroatoms. The van der Waals surface area contributed by atoms with Crippen molar-refractivity contribution in [3.05, 3.63) is 51.0 Å². The van der Waals surface area contributed by atoms with Crippen molar-refractivity contribution < 1.29 is 5.11 Å². The van der Waals surface area contributed by atoms with Crippen molar-refractivity contribution in [1.29, 1.82) is 0 Å². The Kier molecular flexibility index (Phi) is 4.50. The van der Waals surface area contributed by atoms with Crippen LogP contribution in [0.3, 0.4) is 0 Å². The molecule has 100 valence electrons. The van der Waals surface area contributed by atoms with E-state index in [1.165, 1.54) is 11.8 Å². The van der Waals surface area contributed by atoms with Crippen LogP contribution in [0, 0.1) is 0 Å². The molecular formula is C13H13ClN2O2S. The molecule has 0 aliphatic rings. The second-order valence-corrected chi connectivity index (χ2v) is 5.40. The first-order valence-corrected chi connectivity index (χ1v) is 7.16. The third kappa shape index (κ3) is 3.52. The van der Waals surface area contributed by atoms with E-state index in [1.54, 1.807) is 19.1 Å². The van der Waals surface area contributed by atoms with Gasteiger partial charge in [0.1, 0.15) is 5.82 Å². The molecule has 2 rings (SSSR count). The minimum atomic E-state index is -0.276. The average Bonchev–Trinajstić information content (AvgIpc) is 2.38. The molecule has 0 bridgehead atoms. The number of rotatable bonds is 4. The average molecular weight is 297 g/mol. The summed E-state index contributed by atoms with van der Waals surface area (Å²) in [6.07, 6.45) is 0.457. The molecule has 1 aromatic carbocycles. The zero-order valence-electron chi connectivity index (χ0n) is 10.3. The third-order valence-corrected chi connectivity index (χ3v) is 3.86. The summed E-state index contributed by atoms with van der Waals surface area (Å²) < 4.78 is 0. The number of thioether (sulfide) groups is 1.